The van der Waals surface area contributed by atoms with Gasteiger partial charge in [0, 0.05) is 24.0 Å². The molecule has 158 valence electrons. The molecule has 1 N–H and O–H groups in total. The summed E-state index contributed by atoms with van der Waals surface area (Å²) >= 11 is 0. The number of carbonyl (C=O) groups excluding carboxylic acids is 1. The van der Waals surface area contributed by atoms with E-state index in [1.807, 2.05) is 30.3 Å². The summed E-state index contributed by atoms with van der Waals surface area (Å²) in [5, 5.41) is 7.57. The summed E-state index contributed by atoms with van der Waals surface area (Å²) in [5.74, 6) is 0.589. The predicted molar refractivity (Wildman–Crippen MR) is 118 cm³/mol. The van der Waals surface area contributed by atoms with Gasteiger partial charge in [-0.1, -0.05) is 44.2 Å². The molecule has 0 aliphatic carbocycles. The van der Waals surface area contributed by atoms with E-state index in [1.165, 1.54) is 6.20 Å². The molecule has 2 aromatic carbocycles. The highest BCUT2D eigenvalue weighted by molar-refractivity contribution is 5.81. The van der Waals surface area contributed by atoms with Crippen molar-refractivity contribution in [2.45, 2.75) is 26.9 Å². The molecule has 0 atom stereocenters. The second-order valence-corrected chi connectivity index (χ2v) is 6.94. The molecule has 30 heavy (non-hydrogen) atoms. The molecule has 7 heteroatoms. The minimum atomic E-state index is -0.186. The highest BCUT2D eigenvalue weighted by atomic mass is 16.5. The van der Waals surface area contributed by atoms with Crippen LogP contribution in [-0.4, -0.2) is 46.8 Å². The maximum absolute atomic E-state index is 12.5. The molecule has 0 spiro atoms. The summed E-state index contributed by atoms with van der Waals surface area (Å²) in [6.45, 7) is 8.10. The Bertz CT molecular complexity index is 1040. The van der Waals surface area contributed by atoms with Crippen LogP contribution in [0.25, 0.3) is 10.9 Å². The van der Waals surface area contributed by atoms with Gasteiger partial charge in [-0.25, -0.2) is 0 Å². The Morgan fingerprint density at radius 3 is 2.63 bits per heavy atom. The number of hydrogen-bond donors (Lipinski definition) is 1. The molecule has 0 aliphatic rings. The molecule has 0 radical (unpaired) electrons. The largest absolute Gasteiger partial charge is 0.492 e. The van der Waals surface area contributed by atoms with Crippen LogP contribution in [0.15, 0.2) is 59.5 Å². The molecule has 3 aromatic rings. The monoisotopic (exact) mass is 408 g/mol. The summed E-state index contributed by atoms with van der Waals surface area (Å²) in [6, 6.07) is 14.9. The third-order valence-electron chi connectivity index (χ3n) is 5.06. The van der Waals surface area contributed by atoms with E-state index >= 15 is 0 Å². The lowest BCUT2D eigenvalue weighted by Crippen LogP contribution is -2.29. The summed E-state index contributed by atoms with van der Waals surface area (Å²) in [5.41, 5.74) is 1.40. The summed E-state index contributed by atoms with van der Waals surface area (Å²) in [4.78, 5) is 26.7. The number of ether oxygens (including phenoxy) is 1. The third kappa shape index (κ3) is 5.45. The normalized spacial score (nSPS) is 11.0. The lowest BCUT2D eigenvalue weighted by Gasteiger charge is -2.19. The van der Waals surface area contributed by atoms with Crippen LogP contribution < -0.4 is 15.5 Å². The molecule has 1 amide bonds. The van der Waals surface area contributed by atoms with Crippen molar-refractivity contribution in [2.24, 2.45) is 0 Å². The Balaban J connectivity index is 1.60. The highest BCUT2D eigenvalue weighted by Gasteiger charge is 2.10. The van der Waals surface area contributed by atoms with Gasteiger partial charge in [0.25, 0.3) is 0 Å². The van der Waals surface area contributed by atoms with Crippen molar-refractivity contribution in [1.29, 1.82) is 0 Å². The zero-order valence-corrected chi connectivity index (χ0v) is 17.5. The minimum Gasteiger partial charge on any atom is -0.492 e. The van der Waals surface area contributed by atoms with Gasteiger partial charge in [0.15, 0.2) is 0 Å². The Hall–Kier alpha value is -3.19. The molecular weight excluding hydrogens is 380 g/mol. The number of amides is 1. The maximum atomic E-state index is 12.5. The smallest absolute Gasteiger partial charge is 0.242 e. The second kappa shape index (κ2) is 10.5. The van der Waals surface area contributed by atoms with Gasteiger partial charge < -0.3 is 15.0 Å². The number of rotatable bonds is 10. The number of benzene rings is 2. The number of hydrogen-bond acceptors (Lipinski definition) is 5. The molecule has 1 aromatic heterocycles. The van der Waals surface area contributed by atoms with Crippen LogP contribution in [0.1, 0.15) is 19.4 Å². The molecule has 0 bridgehead atoms. The van der Waals surface area contributed by atoms with Crippen LogP contribution in [0.2, 0.25) is 0 Å². The van der Waals surface area contributed by atoms with Gasteiger partial charge in [-0.3, -0.25) is 14.3 Å². The average Bonchev–Trinajstić information content (AvgIpc) is 2.78. The van der Waals surface area contributed by atoms with E-state index in [1.54, 1.807) is 22.9 Å². The molecule has 0 unspecified atom stereocenters. The number of carbonyl (C=O) groups is 1. The lowest BCUT2D eigenvalue weighted by atomic mass is 10.2. The van der Waals surface area contributed by atoms with Crippen molar-refractivity contribution in [1.82, 2.24) is 20.0 Å². The SMILES string of the molecule is CCN(CC)CCOc1ccccc1CNC(=O)Cn1ncc(=O)c2ccccc21. The van der Waals surface area contributed by atoms with Crippen LogP contribution in [0.3, 0.4) is 0 Å². The van der Waals surface area contributed by atoms with Crippen molar-refractivity contribution in [3.63, 3.8) is 0 Å². The first kappa shape index (κ1) is 21.5. The molecule has 0 saturated carbocycles. The molecule has 0 saturated heterocycles. The highest BCUT2D eigenvalue weighted by Crippen LogP contribution is 2.17. The zero-order chi connectivity index (χ0) is 21.3. The standard InChI is InChI=1S/C23H28N4O3/c1-3-26(4-2)13-14-30-22-12-8-5-9-18(22)15-24-23(29)17-27-20-11-7-6-10-19(20)21(28)16-25-27/h5-12,16H,3-4,13-15,17H2,1-2H3,(H,24,29). The average molecular weight is 409 g/mol. The van der Waals surface area contributed by atoms with Gasteiger partial charge in [0.1, 0.15) is 18.9 Å². The van der Waals surface area contributed by atoms with Crippen LogP contribution >= 0.6 is 0 Å². The molecular formula is C23H28N4O3. The van der Waals surface area contributed by atoms with Crippen molar-refractivity contribution in [3.8, 4) is 5.75 Å². The maximum Gasteiger partial charge on any atom is 0.242 e. The van der Waals surface area contributed by atoms with E-state index in [0.717, 1.165) is 30.9 Å². The Labute approximate surface area is 176 Å². The van der Waals surface area contributed by atoms with Gasteiger partial charge in [-0.2, -0.15) is 5.10 Å². The number of para-hydroxylation sites is 2. The fourth-order valence-corrected chi connectivity index (χ4v) is 3.29. The van der Waals surface area contributed by atoms with Gasteiger partial charge in [-0.05, 0) is 31.3 Å². The first-order chi connectivity index (χ1) is 14.6. The lowest BCUT2D eigenvalue weighted by molar-refractivity contribution is -0.121. The molecule has 0 fully saturated rings. The topological polar surface area (TPSA) is 76.5 Å². The van der Waals surface area contributed by atoms with E-state index in [4.69, 9.17) is 4.74 Å². The number of likely N-dealkylation sites (N-methyl/N-ethyl adjacent to an activating group) is 1. The molecule has 0 aliphatic heterocycles. The van der Waals surface area contributed by atoms with Crippen molar-refractivity contribution >= 4 is 16.8 Å². The van der Waals surface area contributed by atoms with E-state index in [2.05, 4.69) is 29.2 Å². The summed E-state index contributed by atoms with van der Waals surface area (Å²) in [7, 11) is 0. The van der Waals surface area contributed by atoms with Gasteiger partial charge in [-0.15, -0.1) is 0 Å². The number of nitrogens with one attached hydrogen (secondary N) is 1. The van der Waals surface area contributed by atoms with E-state index in [0.29, 0.717) is 24.1 Å². The second-order valence-electron chi connectivity index (χ2n) is 6.94. The fraction of sp³-hybridized carbons (Fsp3) is 0.348. The van der Waals surface area contributed by atoms with Crippen LogP contribution in [0.5, 0.6) is 5.75 Å². The van der Waals surface area contributed by atoms with Crippen LogP contribution in [0, 0.1) is 0 Å². The summed E-state index contributed by atoms with van der Waals surface area (Å²) in [6.07, 6.45) is 1.24. The van der Waals surface area contributed by atoms with Gasteiger partial charge in [0.2, 0.25) is 11.3 Å². The number of fused-ring (bicyclic) bond motifs is 1. The van der Waals surface area contributed by atoms with E-state index in [-0.39, 0.29) is 17.9 Å². The number of nitrogens with zero attached hydrogens (tertiary/aromatic N) is 3. The molecule has 7 nitrogen and oxygen atoms in total. The fourth-order valence-electron chi connectivity index (χ4n) is 3.29. The van der Waals surface area contributed by atoms with Gasteiger partial charge in [0.05, 0.1) is 11.7 Å². The zero-order valence-electron chi connectivity index (χ0n) is 17.5. The van der Waals surface area contributed by atoms with Crippen LogP contribution in [0.4, 0.5) is 0 Å². The first-order valence-electron chi connectivity index (χ1n) is 10.3. The quantitative estimate of drug-likeness (QED) is 0.558. The molecule has 3 rings (SSSR count). The Morgan fingerprint density at radius 1 is 1.10 bits per heavy atom. The third-order valence-corrected chi connectivity index (χ3v) is 5.06. The number of aromatic nitrogens is 2. The Morgan fingerprint density at radius 2 is 1.83 bits per heavy atom. The first-order valence-corrected chi connectivity index (χ1v) is 10.3. The van der Waals surface area contributed by atoms with Crippen LogP contribution in [-0.2, 0) is 17.9 Å². The van der Waals surface area contributed by atoms with E-state index < -0.39 is 0 Å². The minimum absolute atomic E-state index is 0.0335. The Kier molecular flexibility index (Phi) is 7.57. The summed E-state index contributed by atoms with van der Waals surface area (Å²) < 4.78 is 7.49. The van der Waals surface area contributed by atoms with E-state index in [9.17, 15) is 9.59 Å². The van der Waals surface area contributed by atoms with Crippen molar-refractivity contribution < 1.29 is 9.53 Å². The molecule has 1 heterocycles. The van der Waals surface area contributed by atoms with Crippen molar-refractivity contribution in [2.75, 3.05) is 26.2 Å². The van der Waals surface area contributed by atoms with Gasteiger partial charge >= 0.3 is 0 Å². The predicted octanol–water partition coefficient (Wildman–Crippen LogP) is 2.43. The van der Waals surface area contributed by atoms with Crippen molar-refractivity contribution in [3.05, 3.63) is 70.5 Å².